The number of carbonyl (C=O) groups is 1. The van der Waals surface area contributed by atoms with Gasteiger partial charge in [-0.05, 0) is 37.3 Å². The Morgan fingerprint density at radius 1 is 1.08 bits per heavy atom. The van der Waals surface area contributed by atoms with Crippen LogP contribution in [0.2, 0.25) is 0 Å². The maximum atomic E-state index is 13.0. The molecule has 0 aliphatic rings. The molecule has 0 radical (unpaired) electrons. The molecule has 37 heavy (non-hydrogen) atoms. The Bertz CT molecular complexity index is 1480. The summed E-state index contributed by atoms with van der Waals surface area (Å²) in [5.74, 6) is -0.0314. The fourth-order valence-corrected chi connectivity index (χ4v) is 4.25. The number of thioether (sulfide) groups is 1. The van der Waals surface area contributed by atoms with E-state index in [1.165, 1.54) is 16.8 Å². The zero-order chi connectivity index (χ0) is 26.7. The van der Waals surface area contributed by atoms with Gasteiger partial charge >= 0.3 is 6.18 Å². The first-order valence-electron chi connectivity index (χ1n) is 11.0. The van der Waals surface area contributed by atoms with Crippen LogP contribution in [-0.4, -0.2) is 35.8 Å². The van der Waals surface area contributed by atoms with E-state index < -0.39 is 17.6 Å². The van der Waals surface area contributed by atoms with Gasteiger partial charge in [0.1, 0.15) is 18.0 Å². The number of carbonyl (C=O) groups excluding carboxylic acids is 1. The molecule has 0 spiro atoms. The second-order valence-electron chi connectivity index (χ2n) is 8.05. The molecule has 194 valence electrons. The number of para-hydroxylation sites is 1. The largest absolute Gasteiger partial charge is 0.486 e. The molecule has 0 saturated carbocycles. The summed E-state index contributed by atoms with van der Waals surface area (Å²) in [5, 5.41) is 11.1. The SMILES string of the molecule is Cc1c(NC(=O)CSc2nnc(COc3cccc(C(F)(F)F)c3)n2C)c(=O)n(-c2ccccc2)n1C. The van der Waals surface area contributed by atoms with Gasteiger partial charge in [-0.2, -0.15) is 13.2 Å². The molecule has 2 aromatic carbocycles. The van der Waals surface area contributed by atoms with Gasteiger partial charge in [0.15, 0.2) is 11.0 Å². The van der Waals surface area contributed by atoms with Crippen LogP contribution >= 0.6 is 11.8 Å². The van der Waals surface area contributed by atoms with Gasteiger partial charge in [-0.25, -0.2) is 4.68 Å². The van der Waals surface area contributed by atoms with Crippen molar-refractivity contribution in [1.82, 2.24) is 24.1 Å². The van der Waals surface area contributed by atoms with Crippen molar-refractivity contribution in [2.24, 2.45) is 14.1 Å². The van der Waals surface area contributed by atoms with Gasteiger partial charge in [0, 0.05) is 14.1 Å². The number of hydrogen-bond acceptors (Lipinski definition) is 6. The number of nitrogens with zero attached hydrogens (tertiary/aromatic N) is 5. The molecule has 0 atom stereocenters. The minimum atomic E-state index is -4.47. The highest BCUT2D eigenvalue weighted by Crippen LogP contribution is 2.31. The quantitative estimate of drug-likeness (QED) is 0.346. The molecule has 0 fully saturated rings. The molecular weight excluding hydrogens is 509 g/mol. The number of halogens is 3. The molecule has 1 amide bonds. The van der Waals surface area contributed by atoms with E-state index in [9.17, 15) is 22.8 Å². The van der Waals surface area contributed by atoms with Crippen LogP contribution in [0.15, 0.2) is 64.5 Å². The number of hydrogen-bond donors (Lipinski definition) is 1. The average Bonchev–Trinajstić information content (AvgIpc) is 3.32. The summed E-state index contributed by atoms with van der Waals surface area (Å²) in [6.07, 6.45) is -4.47. The van der Waals surface area contributed by atoms with Crippen molar-refractivity contribution in [3.63, 3.8) is 0 Å². The standard InChI is InChI=1S/C24H23F3N6O3S/c1-15-21(22(35)33(32(15)3)17-9-5-4-6-10-17)28-20(34)14-37-23-30-29-19(31(23)2)13-36-18-11-7-8-16(12-18)24(25,26)27/h4-12H,13-14H2,1-3H3,(H,28,34). The number of alkyl halides is 3. The zero-order valence-corrected chi connectivity index (χ0v) is 20.9. The van der Waals surface area contributed by atoms with Gasteiger partial charge in [0.2, 0.25) is 5.91 Å². The summed E-state index contributed by atoms with van der Waals surface area (Å²) in [5.41, 5.74) is 0.295. The van der Waals surface area contributed by atoms with Crippen molar-refractivity contribution in [1.29, 1.82) is 0 Å². The maximum absolute atomic E-state index is 13.0. The van der Waals surface area contributed by atoms with Crippen molar-refractivity contribution < 1.29 is 22.7 Å². The monoisotopic (exact) mass is 532 g/mol. The second kappa shape index (κ2) is 10.5. The number of aromatic nitrogens is 5. The van der Waals surface area contributed by atoms with Crippen LogP contribution in [0.25, 0.3) is 5.69 Å². The van der Waals surface area contributed by atoms with E-state index in [0.29, 0.717) is 22.4 Å². The number of amides is 1. The molecule has 0 unspecified atom stereocenters. The number of benzene rings is 2. The molecule has 9 nitrogen and oxygen atoms in total. The average molecular weight is 533 g/mol. The molecule has 0 bridgehead atoms. The zero-order valence-electron chi connectivity index (χ0n) is 20.1. The predicted molar refractivity (Wildman–Crippen MR) is 132 cm³/mol. The summed E-state index contributed by atoms with van der Waals surface area (Å²) in [4.78, 5) is 25.6. The lowest BCUT2D eigenvalue weighted by molar-refractivity contribution is -0.137. The lowest BCUT2D eigenvalue weighted by Crippen LogP contribution is -2.23. The third-order valence-corrected chi connectivity index (χ3v) is 6.63. The molecule has 2 aromatic heterocycles. The minimum Gasteiger partial charge on any atom is -0.486 e. The summed E-state index contributed by atoms with van der Waals surface area (Å²) in [7, 11) is 3.39. The van der Waals surface area contributed by atoms with Gasteiger partial charge in [-0.3, -0.25) is 14.3 Å². The van der Waals surface area contributed by atoms with Crippen molar-refractivity contribution in [2.45, 2.75) is 24.9 Å². The molecule has 4 aromatic rings. The second-order valence-corrected chi connectivity index (χ2v) is 8.99. The van der Waals surface area contributed by atoms with Gasteiger partial charge in [-0.1, -0.05) is 36.0 Å². The van der Waals surface area contributed by atoms with Crippen LogP contribution < -0.4 is 15.6 Å². The molecule has 4 rings (SSSR count). The van der Waals surface area contributed by atoms with Gasteiger partial charge in [0.25, 0.3) is 5.56 Å². The van der Waals surface area contributed by atoms with E-state index in [2.05, 4.69) is 15.5 Å². The van der Waals surface area contributed by atoms with E-state index in [4.69, 9.17) is 4.74 Å². The Hall–Kier alpha value is -4.00. The van der Waals surface area contributed by atoms with E-state index in [1.54, 1.807) is 42.4 Å². The lowest BCUT2D eigenvalue weighted by atomic mass is 10.2. The fourth-order valence-electron chi connectivity index (χ4n) is 3.52. The van der Waals surface area contributed by atoms with Crippen molar-refractivity contribution in [3.05, 3.63) is 82.0 Å². The van der Waals surface area contributed by atoms with Crippen LogP contribution in [0.5, 0.6) is 5.75 Å². The Labute approximate surface area is 213 Å². The van der Waals surface area contributed by atoms with E-state index in [0.717, 1.165) is 23.9 Å². The van der Waals surface area contributed by atoms with Crippen LogP contribution in [0.1, 0.15) is 17.1 Å². The Kier molecular flexibility index (Phi) is 7.43. The van der Waals surface area contributed by atoms with Crippen molar-refractivity contribution >= 4 is 23.4 Å². The smallest absolute Gasteiger partial charge is 0.416 e. The van der Waals surface area contributed by atoms with Gasteiger partial charge in [0.05, 0.1) is 22.7 Å². The van der Waals surface area contributed by atoms with Crippen LogP contribution in [-0.2, 0) is 31.7 Å². The normalized spacial score (nSPS) is 11.5. The molecular formula is C24H23F3N6O3S. The molecule has 13 heteroatoms. The topological polar surface area (TPSA) is 96.0 Å². The number of ether oxygens (including phenoxy) is 1. The predicted octanol–water partition coefficient (Wildman–Crippen LogP) is 3.94. The first-order valence-corrected chi connectivity index (χ1v) is 12.0. The number of anilines is 1. The molecule has 0 aliphatic heterocycles. The van der Waals surface area contributed by atoms with E-state index in [1.807, 2.05) is 18.2 Å². The summed E-state index contributed by atoms with van der Waals surface area (Å²) < 4.78 is 48.8. The third kappa shape index (κ3) is 5.71. The van der Waals surface area contributed by atoms with Gasteiger partial charge in [-0.15, -0.1) is 10.2 Å². The molecule has 2 heterocycles. The summed E-state index contributed by atoms with van der Waals surface area (Å²) in [6.45, 7) is 1.63. The fraction of sp³-hybridized carbons (Fsp3) is 0.250. The maximum Gasteiger partial charge on any atom is 0.416 e. The highest BCUT2D eigenvalue weighted by atomic mass is 32.2. The third-order valence-electron chi connectivity index (χ3n) is 5.61. The van der Waals surface area contributed by atoms with Gasteiger partial charge < -0.3 is 14.6 Å². The first-order chi connectivity index (χ1) is 17.6. The number of nitrogens with one attached hydrogen (secondary N) is 1. The van der Waals surface area contributed by atoms with Crippen LogP contribution in [0.4, 0.5) is 18.9 Å². The Morgan fingerprint density at radius 3 is 2.51 bits per heavy atom. The Balaban J connectivity index is 1.38. The molecule has 0 saturated heterocycles. The highest BCUT2D eigenvalue weighted by molar-refractivity contribution is 7.99. The van der Waals surface area contributed by atoms with E-state index in [-0.39, 0.29) is 29.4 Å². The minimum absolute atomic E-state index is 0.0421. The molecule has 1 N–H and O–H groups in total. The first kappa shape index (κ1) is 26.1. The van der Waals surface area contributed by atoms with Crippen LogP contribution in [0, 0.1) is 6.92 Å². The Morgan fingerprint density at radius 2 is 1.81 bits per heavy atom. The van der Waals surface area contributed by atoms with Crippen molar-refractivity contribution in [3.8, 4) is 11.4 Å². The van der Waals surface area contributed by atoms with Crippen LogP contribution in [0.3, 0.4) is 0 Å². The molecule has 0 aliphatic carbocycles. The highest BCUT2D eigenvalue weighted by Gasteiger charge is 2.30. The van der Waals surface area contributed by atoms with Crippen molar-refractivity contribution in [2.75, 3.05) is 11.1 Å². The summed E-state index contributed by atoms with van der Waals surface area (Å²) >= 11 is 1.10. The number of rotatable bonds is 8. The van der Waals surface area contributed by atoms with E-state index >= 15 is 0 Å². The summed E-state index contributed by atoms with van der Waals surface area (Å²) in [6, 6.07) is 13.6. The lowest BCUT2D eigenvalue weighted by Gasteiger charge is -2.10.